The monoisotopic (exact) mass is 328 g/mol. The maximum absolute atomic E-state index is 13.1. The molecule has 1 heterocycles. The highest BCUT2D eigenvalue weighted by molar-refractivity contribution is 9.10. The van der Waals surface area contributed by atoms with Gasteiger partial charge < -0.3 is 5.32 Å². The van der Waals surface area contributed by atoms with E-state index in [0.717, 1.165) is 0 Å². The van der Waals surface area contributed by atoms with E-state index in [1.165, 1.54) is 17.0 Å². The van der Waals surface area contributed by atoms with Gasteiger partial charge in [0.15, 0.2) is 0 Å². The van der Waals surface area contributed by atoms with Crippen LogP contribution < -0.4 is 5.32 Å². The van der Waals surface area contributed by atoms with Gasteiger partial charge in [-0.1, -0.05) is 0 Å². The molecule has 0 radical (unpaired) electrons. The average molecular weight is 329 g/mol. The minimum absolute atomic E-state index is 0.131. The quantitative estimate of drug-likeness (QED) is 0.867. The molecule has 1 saturated heterocycles. The van der Waals surface area contributed by atoms with Gasteiger partial charge >= 0.3 is 0 Å². The molecule has 1 unspecified atom stereocenters. The van der Waals surface area contributed by atoms with Gasteiger partial charge in [0.05, 0.1) is 10.9 Å². The molecule has 0 bridgehead atoms. The number of nitrogens with one attached hydrogen (secondary N) is 1. The molecule has 0 aliphatic carbocycles. The summed E-state index contributed by atoms with van der Waals surface area (Å²) in [6.07, 6.45) is 0.131. The van der Waals surface area contributed by atoms with Crippen molar-refractivity contribution in [1.29, 1.82) is 0 Å². The van der Waals surface area contributed by atoms with Gasteiger partial charge in [0.2, 0.25) is 5.91 Å². The number of anilines is 1. The lowest BCUT2D eigenvalue weighted by Gasteiger charge is -2.19. The lowest BCUT2D eigenvalue weighted by Crippen LogP contribution is -2.39. The van der Waals surface area contributed by atoms with E-state index < -0.39 is 6.04 Å². The summed E-state index contributed by atoms with van der Waals surface area (Å²) in [7, 11) is 0. The Balaban J connectivity index is 2.14. The predicted octanol–water partition coefficient (Wildman–Crippen LogP) is 2.54. The summed E-state index contributed by atoms with van der Waals surface area (Å²) in [6.45, 7) is 3.60. The van der Waals surface area contributed by atoms with Crippen LogP contribution in [0.15, 0.2) is 22.7 Å². The van der Waals surface area contributed by atoms with Crippen LogP contribution in [0, 0.1) is 5.82 Å². The highest BCUT2D eigenvalue weighted by atomic mass is 79.9. The Labute approximate surface area is 119 Å². The van der Waals surface area contributed by atoms with E-state index in [1.807, 2.05) is 0 Å². The van der Waals surface area contributed by atoms with Crippen LogP contribution in [-0.4, -0.2) is 28.8 Å². The standard InChI is InChI=1S/C13H14BrFN2O2/c1-7(2)17-12(18)6-11(13(17)19)16-8-3-4-10(15)9(14)5-8/h3-5,7,11,16H,6H2,1-2H3. The van der Waals surface area contributed by atoms with Crippen LogP contribution in [0.25, 0.3) is 0 Å². The number of imide groups is 1. The predicted molar refractivity (Wildman–Crippen MR) is 73.1 cm³/mol. The first-order chi connectivity index (χ1) is 8.90. The summed E-state index contributed by atoms with van der Waals surface area (Å²) in [5.41, 5.74) is 0.602. The molecule has 2 rings (SSSR count). The average Bonchev–Trinajstić information content (AvgIpc) is 2.59. The van der Waals surface area contributed by atoms with Crippen molar-refractivity contribution in [3.05, 3.63) is 28.5 Å². The van der Waals surface area contributed by atoms with Crippen LogP contribution in [0.1, 0.15) is 20.3 Å². The van der Waals surface area contributed by atoms with Gasteiger partial charge in [0.1, 0.15) is 11.9 Å². The molecule has 19 heavy (non-hydrogen) atoms. The van der Waals surface area contributed by atoms with Crippen molar-refractivity contribution in [2.24, 2.45) is 0 Å². The minimum atomic E-state index is -0.577. The fraction of sp³-hybridized carbons (Fsp3) is 0.385. The Bertz CT molecular complexity index is 533. The Morgan fingerprint density at radius 2 is 2.11 bits per heavy atom. The van der Waals surface area contributed by atoms with Crippen LogP contribution in [0.2, 0.25) is 0 Å². The Kier molecular flexibility index (Phi) is 3.89. The number of carbonyl (C=O) groups is 2. The number of hydrogen-bond acceptors (Lipinski definition) is 3. The van der Waals surface area contributed by atoms with E-state index >= 15 is 0 Å². The number of rotatable bonds is 3. The van der Waals surface area contributed by atoms with Gasteiger partial charge in [0, 0.05) is 11.7 Å². The maximum atomic E-state index is 13.1. The fourth-order valence-corrected chi connectivity index (χ4v) is 2.47. The molecule has 1 aliphatic rings. The first-order valence-corrected chi connectivity index (χ1v) is 6.77. The van der Waals surface area contributed by atoms with Crippen LogP contribution in [0.4, 0.5) is 10.1 Å². The summed E-state index contributed by atoms with van der Waals surface area (Å²) in [5.74, 6) is -0.790. The van der Waals surface area contributed by atoms with E-state index in [0.29, 0.717) is 10.2 Å². The zero-order valence-electron chi connectivity index (χ0n) is 10.6. The smallest absolute Gasteiger partial charge is 0.252 e. The number of nitrogens with zero attached hydrogens (tertiary/aromatic N) is 1. The molecule has 102 valence electrons. The lowest BCUT2D eigenvalue weighted by molar-refractivity contribution is -0.140. The van der Waals surface area contributed by atoms with Gasteiger partial charge in [0.25, 0.3) is 5.91 Å². The van der Waals surface area contributed by atoms with E-state index in [1.54, 1.807) is 19.9 Å². The molecule has 1 N–H and O–H groups in total. The van der Waals surface area contributed by atoms with Gasteiger partial charge in [-0.2, -0.15) is 0 Å². The highest BCUT2D eigenvalue weighted by Crippen LogP contribution is 2.24. The zero-order chi connectivity index (χ0) is 14.2. The zero-order valence-corrected chi connectivity index (χ0v) is 12.2. The van der Waals surface area contributed by atoms with Crippen molar-refractivity contribution >= 4 is 33.4 Å². The second-order valence-electron chi connectivity index (χ2n) is 4.73. The largest absolute Gasteiger partial charge is 0.373 e. The number of halogens is 2. The van der Waals surface area contributed by atoms with Crippen molar-refractivity contribution in [1.82, 2.24) is 4.90 Å². The van der Waals surface area contributed by atoms with Crippen LogP contribution in [0.3, 0.4) is 0 Å². The highest BCUT2D eigenvalue weighted by Gasteiger charge is 2.39. The van der Waals surface area contributed by atoms with Gasteiger partial charge in [-0.05, 0) is 48.0 Å². The van der Waals surface area contributed by atoms with E-state index in [2.05, 4.69) is 21.2 Å². The van der Waals surface area contributed by atoms with Crippen molar-refractivity contribution in [2.45, 2.75) is 32.4 Å². The summed E-state index contributed by atoms with van der Waals surface area (Å²) >= 11 is 3.08. The molecule has 0 aromatic heterocycles. The third-order valence-corrected chi connectivity index (χ3v) is 3.57. The number of likely N-dealkylation sites (tertiary alicyclic amines) is 1. The summed E-state index contributed by atoms with van der Waals surface area (Å²) in [5, 5.41) is 2.97. The molecule has 0 spiro atoms. The fourth-order valence-electron chi connectivity index (χ4n) is 2.09. The van der Waals surface area contributed by atoms with Crippen LogP contribution in [-0.2, 0) is 9.59 Å². The van der Waals surface area contributed by atoms with Gasteiger partial charge in [-0.25, -0.2) is 4.39 Å². The molecule has 4 nitrogen and oxygen atoms in total. The third-order valence-electron chi connectivity index (χ3n) is 2.96. The number of amides is 2. The van der Waals surface area contributed by atoms with Crippen LogP contribution >= 0.6 is 15.9 Å². The van der Waals surface area contributed by atoms with Crippen molar-refractivity contribution in [3.8, 4) is 0 Å². The van der Waals surface area contributed by atoms with Crippen molar-refractivity contribution < 1.29 is 14.0 Å². The Hall–Kier alpha value is -1.43. The molecule has 2 amide bonds. The van der Waals surface area contributed by atoms with E-state index in [4.69, 9.17) is 0 Å². The third kappa shape index (κ3) is 2.78. The molecule has 1 fully saturated rings. The molecule has 6 heteroatoms. The molecule has 1 aliphatic heterocycles. The normalized spacial score (nSPS) is 19.4. The minimum Gasteiger partial charge on any atom is -0.373 e. The SMILES string of the molecule is CC(C)N1C(=O)CC(Nc2ccc(F)c(Br)c2)C1=O. The lowest BCUT2D eigenvalue weighted by atomic mass is 10.2. The van der Waals surface area contributed by atoms with Crippen molar-refractivity contribution in [2.75, 3.05) is 5.32 Å². The van der Waals surface area contributed by atoms with Crippen molar-refractivity contribution in [3.63, 3.8) is 0 Å². The summed E-state index contributed by atoms with van der Waals surface area (Å²) < 4.78 is 13.4. The Morgan fingerprint density at radius 3 is 2.63 bits per heavy atom. The first-order valence-electron chi connectivity index (χ1n) is 5.97. The second-order valence-corrected chi connectivity index (χ2v) is 5.58. The number of carbonyl (C=O) groups excluding carboxylic acids is 2. The molecule has 1 aromatic carbocycles. The summed E-state index contributed by atoms with van der Waals surface area (Å²) in [4.78, 5) is 25.1. The second kappa shape index (κ2) is 5.28. The number of hydrogen-bond donors (Lipinski definition) is 1. The van der Waals surface area contributed by atoms with Crippen LogP contribution in [0.5, 0.6) is 0 Å². The van der Waals surface area contributed by atoms with E-state index in [9.17, 15) is 14.0 Å². The first kappa shape index (κ1) is 14.0. The molecule has 1 aromatic rings. The summed E-state index contributed by atoms with van der Waals surface area (Å²) in [6, 6.07) is 3.66. The Morgan fingerprint density at radius 1 is 1.42 bits per heavy atom. The maximum Gasteiger partial charge on any atom is 0.252 e. The molecule has 0 saturated carbocycles. The number of benzene rings is 1. The van der Waals surface area contributed by atoms with E-state index in [-0.39, 0.29) is 30.1 Å². The molecular weight excluding hydrogens is 315 g/mol. The molecular formula is C13H14BrFN2O2. The van der Waals surface area contributed by atoms with Gasteiger partial charge in [-0.3, -0.25) is 14.5 Å². The molecule has 1 atom stereocenters. The topological polar surface area (TPSA) is 49.4 Å². The van der Waals surface area contributed by atoms with Gasteiger partial charge in [-0.15, -0.1) is 0 Å².